The molecule has 0 saturated heterocycles. The molecule has 16 heavy (non-hydrogen) atoms. The second-order valence-corrected chi connectivity index (χ2v) is 5.95. The molecule has 1 unspecified atom stereocenters. The van der Waals surface area contributed by atoms with Gasteiger partial charge in [-0.15, -0.1) is 0 Å². The summed E-state index contributed by atoms with van der Waals surface area (Å²) in [4.78, 5) is 10.4. The van der Waals surface area contributed by atoms with Gasteiger partial charge in [0.05, 0.1) is 6.42 Å². The molecule has 0 saturated carbocycles. The molecule has 0 bridgehead atoms. The Balaban J connectivity index is 3.11. The standard InChI is InChI=1S/C13H26O2S/c1-3-4-5-6-7-8-9-10-16-12(2)11-13(14)15/h12H,3-11H2,1-2H3,(H,14,15). The molecule has 0 aliphatic rings. The minimum atomic E-state index is -0.681. The van der Waals surface area contributed by atoms with E-state index in [9.17, 15) is 4.79 Å². The zero-order valence-electron chi connectivity index (χ0n) is 10.7. The van der Waals surface area contributed by atoms with Crippen molar-refractivity contribution < 1.29 is 9.90 Å². The summed E-state index contributed by atoms with van der Waals surface area (Å²) in [7, 11) is 0. The third-order valence-corrected chi connectivity index (χ3v) is 3.87. The highest BCUT2D eigenvalue weighted by Gasteiger charge is 2.06. The smallest absolute Gasteiger partial charge is 0.304 e. The molecule has 0 aliphatic heterocycles. The lowest BCUT2D eigenvalue weighted by molar-refractivity contribution is -0.136. The van der Waals surface area contributed by atoms with E-state index in [1.807, 2.05) is 6.92 Å². The van der Waals surface area contributed by atoms with Crippen molar-refractivity contribution >= 4 is 17.7 Å². The van der Waals surface area contributed by atoms with Crippen LogP contribution in [0.15, 0.2) is 0 Å². The summed E-state index contributed by atoms with van der Waals surface area (Å²) in [6, 6.07) is 0. The van der Waals surface area contributed by atoms with Crippen LogP contribution < -0.4 is 0 Å². The molecule has 0 radical (unpaired) electrons. The van der Waals surface area contributed by atoms with Crippen molar-refractivity contribution in [1.29, 1.82) is 0 Å². The lowest BCUT2D eigenvalue weighted by Crippen LogP contribution is -2.06. The third-order valence-electron chi connectivity index (χ3n) is 2.61. The minimum Gasteiger partial charge on any atom is -0.481 e. The van der Waals surface area contributed by atoms with Crippen molar-refractivity contribution in [2.24, 2.45) is 0 Å². The number of carbonyl (C=O) groups is 1. The van der Waals surface area contributed by atoms with Gasteiger partial charge in [-0.25, -0.2) is 0 Å². The van der Waals surface area contributed by atoms with E-state index < -0.39 is 5.97 Å². The van der Waals surface area contributed by atoms with Crippen molar-refractivity contribution in [3.8, 4) is 0 Å². The van der Waals surface area contributed by atoms with Crippen molar-refractivity contribution in [3.05, 3.63) is 0 Å². The van der Waals surface area contributed by atoms with Gasteiger partial charge >= 0.3 is 5.97 Å². The van der Waals surface area contributed by atoms with E-state index in [1.54, 1.807) is 11.8 Å². The molecule has 1 atom stereocenters. The summed E-state index contributed by atoms with van der Waals surface area (Å²) >= 11 is 1.79. The number of unbranched alkanes of at least 4 members (excludes halogenated alkanes) is 6. The molecule has 3 heteroatoms. The van der Waals surface area contributed by atoms with Gasteiger partial charge < -0.3 is 5.11 Å². The molecule has 1 N–H and O–H groups in total. The number of carboxylic acid groups (broad SMARTS) is 1. The first-order valence-corrected chi connectivity index (χ1v) is 7.55. The predicted octanol–water partition coefficient (Wildman–Crippen LogP) is 4.33. The quantitative estimate of drug-likeness (QED) is 0.551. The van der Waals surface area contributed by atoms with Crippen LogP contribution >= 0.6 is 11.8 Å². The van der Waals surface area contributed by atoms with Crippen LogP contribution in [0.1, 0.15) is 65.2 Å². The van der Waals surface area contributed by atoms with E-state index in [0.29, 0.717) is 6.42 Å². The number of aliphatic carboxylic acids is 1. The van der Waals surface area contributed by atoms with Crippen LogP contribution in [-0.4, -0.2) is 22.1 Å². The molecule has 0 aliphatic carbocycles. The first kappa shape index (κ1) is 15.8. The highest BCUT2D eigenvalue weighted by molar-refractivity contribution is 7.99. The molecule has 0 fully saturated rings. The highest BCUT2D eigenvalue weighted by atomic mass is 32.2. The zero-order chi connectivity index (χ0) is 12.2. The number of rotatable bonds is 11. The molecular weight excluding hydrogens is 220 g/mol. The predicted molar refractivity (Wildman–Crippen MR) is 72.2 cm³/mol. The van der Waals surface area contributed by atoms with E-state index in [2.05, 4.69) is 6.92 Å². The zero-order valence-corrected chi connectivity index (χ0v) is 11.5. The average molecular weight is 246 g/mol. The molecule has 96 valence electrons. The molecule has 2 nitrogen and oxygen atoms in total. The first-order valence-electron chi connectivity index (χ1n) is 6.50. The Hall–Kier alpha value is -0.180. The monoisotopic (exact) mass is 246 g/mol. The summed E-state index contributed by atoms with van der Waals surface area (Å²) in [5, 5.41) is 8.86. The number of hydrogen-bond acceptors (Lipinski definition) is 2. The summed E-state index contributed by atoms with van der Waals surface area (Å²) in [5.41, 5.74) is 0. The number of carboxylic acids is 1. The Kier molecular flexibility index (Phi) is 11.2. The molecule has 0 rings (SSSR count). The van der Waals surface area contributed by atoms with Crippen LogP contribution in [0.25, 0.3) is 0 Å². The summed E-state index contributed by atoms with van der Waals surface area (Å²) in [6.45, 7) is 4.24. The first-order chi connectivity index (χ1) is 7.66. The summed E-state index contributed by atoms with van der Waals surface area (Å²) in [6.07, 6.45) is 9.58. The van der Waals surface area contributed by atoms with Crippen molar-refractivity contribution in [1.82, 2.24) is 0 Å². The Bertz CT molecular complexity index is 171. The Morgan fingerprint density at radius 2 is 1.69 bits per heavy atom. The molecule has 0 amide bonds. The molecule has 0 aromatic rings. The number of thioether (sulfide) groups is 1. The van der Waals surface area contributed by atoms with Crippen molar-refractivity contribution in [2.75, 3.05) is 5.75 Å². The van der Waals surface area contributed by atoms with Gasteiger partial charge in [-0.2, -0.15) is 11.8 Å². The number of hydrogen-bond donors (Lipinski definition) is 1. The molecular formula is C13H26O2S. The van der Waals surface area contributed by atoms with E-state index >= 15 is 0 Å². The second kappa shape index (κ2) is 11.3. The van der Waals surface area contributed by atoms with Crippen LogP contribution in [0.3, 0.4) is 0 Å². The molecule has 0 aromatic heterocycles. The maximum Gasteiger partial charge on any atom is 0.304 e. The minimum absolute atomic E-state index is 0.262. The second-order valence-electron chi connectivity index (χ2n) is 4.40. The largest absolute Gasteiger partial charge is 0.481 e. The lowest BCUT2D eigenvalue weighted by atomic mass is 10.1. The van der Waals surface area contributed by atoms with Gasteiger partial charge in [-0.05, 0) is 12.2 Å². The lowest BCUT2D eigenvalue weighted by Gasteiger charge is -2.07. The van der Waals surface area contributed by atoms with E-state index in [1.165, 1.54) is 44.9 Å². The van der Waals surface area contributed by atoms with Crippen LogP contribution in [0, 0.1) is 0 Å². The highest BCUT2D eigenvalue weighted by Crippen LogP contribution is 2.17. The van der Waals surface area contributed by atoms with Gasteiger partial charge in [0, 0.05) is 5.25 Å². The Morgan fingerprint density at radius 3 is 2.25 bits per heavy atom. The van der Waals surface area contributed by atoms with Crippen molar-refractivity contribution in [2.45, 2.75) is 70.5 Å². The molecule has 0 heterocycles. The van der Waals surface area contributed by atoms with Gasteiger partial charge in [-0.1, -0.05) is 52.4 Å². The Labute approximate surface area is 104 Å². The van der Waals surface area contributed by atoms with Crippen LogP contribution in [0.5, 0.6) is 0 Å². The fraction of sp³-hybridized carbons (Fsp3) is 0.923. The van der Waals surface area contributed by atoms with Gasteiger partial charge in [0.2, 0.25) is 0 Å². The summed E-state index contributed by atoms with van der Waals surface area (Å²) < 4.78 is 0. The van der Waals surface area contributed by atoms with E-state index in [-0.39, 0.29) is 5.25 Å². The van der Waals surface area contributed by atoms with Crippen LogP contribution in [0.4, 0.5) is 0 Å². The van der Waals surface area contributed by atoms with Gasteiger partial charge in [0.1, 0.15) is 0 Å². The fourth-order valence-corrected chi connectivity index (χ4v) is 2.68. The van der Waals surface area contributed by atoms with E-state index in [4.69, 9.17) is 5.11 Å². The maximum atomic E-state index is 10.4. The van der Waals surface area contributed by atoms with E-state index in [0.717, 1.165) is 5.75 Å². The van der Waals surface area contributed by atoms with Gasteiger partial charge in [0.25, 0.3) is 0 Å². The Morgan fingerprint density at radius 1 is 1.12 bits per heavy atom. The molecule has 0 aromatic carbocycles. The molecule has 0 spiro atoms. The average Bonchev–Trinajstić information content (AvgIpc) is 2.21. The topological polar surface area (TPSA) is 37.3 Å². The normalized spacial score (nSPS) is 12.6. The SMILES string of the molecule is CCCCCCCCCSC(C)CC(=O)O. The van der Waals surface area contributed by atoms with Crippen LogP contribution in [-0.2, 0) is 4.79 Å². The third kappa shape index (κ3) is 11.9. The maximum absolute atomic E-state index is 10.4. The fourth-order valence-electron chi connectivity index (χ4n) is 1.65. The van der Waals surface area contributed by atoms with Crippen molar-refractivity contribution in [3.63, 3.8) is 0 Å². The van der Waals surface area contributed by atoms with Gasteiger partial charge in [0.15, 0.2) is 0 Å². The summed E-state index contributed by atoms with van der Waals surface area (Å²) in [5.74, 6) is 0.432. The van der Waals surface area contributed by atoms with Crippen LogP contribution in [0.2, 0.25) is 0 Å². The van der Waals surface area contributed by atoms with Gasteiger partial charge in [-0.3, -0.25) is 4.79 Å².